The number of hydrogen-bond acceptors (Lipinski definition) is 4. The maximum atomic E-state index is 11.7. The molecule has 0 saturated carbocycles. The van der Waals surface area contributed by atoms with Gasteiger partial charge in [0.15, 0.2) is 0 Å². The van der Waals surface area contributed by atoms with Crippen LogP contribution in [-0.2, 0) is 9.59 Å². The second-order valence-electron chi connectivity index (χ2n) is 4.13. The molecule has 1 heterocycles. The first kappa shape index (κ1) is 12.1. The molecule has 0 bridgehead atoms. The number of likely N-dealkylation sites (tertiary alicyclic amines) is 1. The minimum absolute atomic E-state index is 0.146. The van der Waals surface area contributed by atoms with Crippen LogP contribution in [0.1, 0.15) is 16.8 Å². The van der Waals surface area contributed by atoms with Gasteiger partial charge in [-0.15, -0.1) is 0 Å². The molecule has 6 nitrogen and oxygen atoms in total. The number of carbonyl (C=O) groups is 3. The van der Waals surface area contributed by atoms with Gasteiger partial charge in [0.2, 0.25) is 11.8 Å². The molecular formula is C12H13N3O3. The van der Waals surface area contributed by atoms with Crippen LogP contribution >= 0.6 is 0 Å². The number of nitrogens with zero attached hydrogens (tertiary/aromatic N) is 1. The van der Waals surface area contributed by atoms with E-state index in [0.29, 0.717) is 11.3 Å². The van der Waals surface area contributed by atoms with Crippen LogP contribution in [0.2, 0.25) is 0 Å². The van der Waals surface area contributed by atoms with Crippen molar-refractivity contribution in [1.82, 2.24) is 4.90 Å². The fourth-order valence-electron chi connectivity index (χ4n) is 1.80. The van der Waals surface area contributed by atoms with E-state index in [2.05, 4.69) is 5.32 Å². The smallest absolute Gasteiger partial charge is 0.251 e. The lowest BCUT2D eigenvalue weighted by molar-refractivity contribution is -0.136. The Bertz CT molecular complexity index is 510. The van der Waals surface area contributed by atoms with Crippen molar-refractivity contribution < 1.29 is 14.4 Å². The number of nitrogens with two attached hydrogens (primary N) is 1. The maximum Gasteiger partial charge on any atom is 0.251 e. The zero-order chi connectivity index (χ0) is 13.3. The Kier molecular flexibility index (Phi) is 3.01. The molecule has 1 aliphatic heterocycles. The molecule has 94 valence electrons. The first-order valence-corrected chi connectivity index (χ1v) is 5.46. The number of likely N-dealkylation sites (N-methyl/N-ethyl adjacent to an activating group) is 1. The summed E-state index contributed by atoms with van der Waals surface area (Å²) in [6.07, 6.45) is 0.146. The lowest BCUT2D eigenvalue weighted by Gasteiger charge is -2.12. The summed E-state index contributed by atoms with van der Waals surface area (Å²) in [4.78, 5) is 35.0. The summed E-state index contributed by atoms with van der Waals surface area (Å²) >= 11 is 0. The summed E-state index contributed by atoms with van der Waals surface area (Å²) in [6, 6.07) is 5.89. The lowest BCUT2D eigenvalue weighted by atomic mass is 10.1. The van der Waals surface area contributed by atoms with E-state index in [9.17, 15) is 14.4 Å². The third kappa shape index (κ3) is 2.17. The van der Waals surface area contributed by atoms with Crippen molar-refractivity contribution in [3.05, 3.63) is 29.8 Å². The average molecular weight is 247 g/mol. The number of hydrogen-bond donors (Lipinski definition) is 2. The SMILES string of the molecule is CN1C(=O)CC(Nc2ccc(C(N)=O)cc2)C1=O. The van der Waals surface area contributed by atoms with Crippen molar-refractivity contribution >= 4 is 23.4 Å². The number of carbonyl (C=O) groups excluding carboxylic acids is 3. The fourth-order valence-corrected chi connectivity index (χ4v) is 1.80. The Labute approximate surface area is 104 Å². The van der Waals surface area contributed by atoms with Gasteiger partial charge in [0.05, 0.1) is 6.42 Å². The van der Waals surface area contributed by atoms with Crippen molar-refractivity contribution in [2.45, 2.75) is 12.5 Å². The molecule has 2 rings (SSSR count). The summed E-state index contributed by atoms with van der Waals surface area (Å²) in [5.41, 5.74) is 6.18. The summed E-state index contributed by atoms with van der Waals surface area (Å²) in [7, 11) is 1.46. The largest absolute Gasteiger partial charge is 0.373 e. The minimum atomic E-state index is -0.540. The number of rotatable bonds is 3. The van der Waals surface area contributed by atoms with Crippen molar-refractivity contribution in [3.63, 3.8) is 0 Å². The van der Waals surface area contributed by atoms with Gasteiger partial charge in [-0.25, -0.2) is 0 Å². The molecule has 18 heavy (non-hydrogen) atoms. The molecule has 1 aliphatic rings. The van der Waals surface area contributed by atoms with Crippen LogP contribution in [-0.4, -0.2) is 35.7 Å². The van der Waals surface area contributed by atoms with E-state index in [4.69, 9.17) is 5.73 Å². The quantitative estimate of drug-likeness (QED) is 0.733. The number of primary amides is 1. The third-order valence-electron chi connectivity index (χ3n) is 2.89. The topological polar surface area (TPSA) is 92.5 Å². The molecule has 6 heteroatoms. The summed E-state index contributed by atoms with van der Waals surface area (Å²) in [6.45, 7) is 0. The van der Waals surface area contributed by atoms with Crippen molar-refractivity contribution in [2.24, 2.45) is 5.73 Å². The highest BCUT2D eigenvalue weighted by Crippen LogP contribution is 2.17. The van der Waals surface area contributed by atoms with E-state index < -0.39 is 11.9 Å². The monoisotopic (exact) mass is 247 g/mol. The van der Waals surface area contributed by atoms with Crippen LogP contribution < -0.4 is 11.1 Å². The molecular weight excluding hydrogens is 234 g/mol. The molecule has 1 fully saturated rings. The number of imide groups is 1. The van der Waals surface area contributed by atoms with Gasteiger partial charge in [-0.1, -0.05) is 0 Å². The number of amides is 3. The van der Waals surface area contributed by atoms with Gasteiger partial charge in [0, 0.05) is 18.3 Å². The highest BCUT2D eigenvalue weighted by molar-refractivity contribution is 6.06. The van der Waals surface area contributed by atoms with Crippen LogP contribution in [0, 0.1) is 0 Å². The van der Waals surface area contributed by atoms with Gasteiger partial charge in [-0.3, -0.25) is 19.3 Å². The zero-order valence-corrected chi connectivity index (χ0v) is 9.84. The third-order valence-corrected chi connectivity index (χ3v) is 2.89. The van der Waals surface area contributed by atoms with Gasteiger partial charge < -0.3 is 11.1 Å². The maximum absolute atomic E-state index is 11.7. The predicted octanol–water partition coefficient (Wildman–Crippen LogP) is -0.0453. The van der Waals surface area contributed by atoms with E-state index in [1.165, 1.54) is 7.05 Å². The summed E-state index contributed by atoms with van der Waals surface area (Å²) < 4.78 is 0. The number of benzene rings is 1. The molecule has 1 unspecified atom stereocenters. The second-order valence-corrected chi connectivity index (χ2v) is 4.13. The molecule has 0 aromatic heterocycles. The Morgan fingerprint density at radius 1 is 1.33 bits per heavy atom. The molecule has 1 aromatic carbocycles. The molecule has 3 N–H and O–H groups in total. The summed E-state index contributed by atoms with van der Waals surface area (Å²) in [5, 5.41) is 2.95. The second kappa shape index (κ2) is 4.48. The van der Waals surface area contributed by atoms with Crippen LogP contribution in [0.25, 0.3) is 0 Å². The van der Waals surface area contributed by atoms with Gasteiger partial charge in [-0.2, -0.15) is 0 Å². The van der Waals surface area contributed by atoms with Crippen molar-refractivity contribution in [1.29, 1.82) is 0 Å². The molecule has 0 aliphatic carbocycles. The Balaban J connectivity index is 2.08. The number of nitrogens with one attached hydrogen (secondary N) is 1. The van der Waals surface area contributed by atoms with Gasteiger partial charge in [0.1, 0.15) is 6.04 Å². The standard InChI is InChI=1S/C12H13N3O3/c1-15-10(16)6-9(12(15)18)14-8-4-2-7(3-5-8)11(13)17/h2-5,9,14H,6H2,1H3,(H2,13,17). The lowest BCUT2D eigenvalue weighted by Crippen LogP contribution is -2.31. The molecule has 1 atom stereocenters. The number of anilines is 1. The average Bonchev–Trinajstić information content (AvgIpc) is 2.58. The fraction of sp³-hybridized carbons (Fsp3) is 0.250. The van der Waals surface area contributed by atoms with Crippen molar-refractivity contribution in [2.75, 3.05) is 12.4 Å². The molecule has 1 aromatic rings. The van der Waals surface area contributed by atoms with E-state index in [1.54, 1.807) is 24.3 Å². The molecule has 0 spiro atoms. The Morgan fingerprint density at radius 3 is 2.39 bits per heavy atom. The van der Waals surface area contributed by atoms with Gasteiger partial charge in [0.25, 0.3) is 5.91 Å². The Hall–Kier alpha value is -2.37. The van der Waals surface area contributed by atoms with E-state index in [0.717, 1.165) is 4.90 Å². The van der Waals surface area contributed by atoms with Crippen LogP contribution in [0.4, 0.5) is 5.69 Å². The molecule has 3 amide bonds. The molecule has 1 saturated heterocycles. The highest BCUT2D eigenvalue weighted by atomic mass is 16.2. The highest BCUT2D eigenvalue weighted by Gasteiger charge is 2.35. The normalized spacial score (nSPS) is 19.2. The van der Waals surface area contributed by atoms with E-state index >= 15 is 0 Å². The Morgan fingerprint density at radius 2 is 1.94 bits per heavy atom. The minimum Gasteiger partial charge on any atom is -0.373 e. The van der Waals surface area contributed by atoms with E-state index in [-0.39, 0.29) is 18.2 Å². The van der Waals surface area contributed by atoms with Gasteiger partial charge >= 0.3 is 0 Å². The predicted molar refractivity (Wildman–Crippen MR) is 64.8 cm³/mol. The van der Waals surface area contributed by atoms with Crippen molar-refractivity contribution in [3.8, 4) is 0 Å². The zero-order valence-electron chi connectivity index (χ0n) is 9.84. The van der Waals surface area contributed by atoms with Crippen LogP contribution in [0.15, 0.2) is 24.3 Å². The first-order chi connectivity index (χ1) is 8.49. The first-order valence-electron chi connectivity index (χ1n) is 5.46. The summed E-state index contributed by atoms with van der Waals surface area (Å²) in [5.74, 6) is -0.960. The van der Waals surface area contributed by atoms with Crippen LogP contribution in [0.5, 0.6) is 0 Å². The van der Waals surface area contributed by atoms with Crippen LogP contribution in [0.3, 0.4) is 0 Å². The van der Waals surface area contributed by atoms with E-state index in [1.807, 2.05) is 0 Å². The van der Waals surface area contributed by atoms with Gasteiger partial charge in [-0.05, 0) is 24.3 Å². The molecule has 0 radical (unpaired) electrons.